The molecule has 0 fully saturated rings. The van der Waals surface area contributed by atoms with E-state index in [-0.39, 0.29) is 11.5 Å². The van der Waals surface area contributed by atoms with Gasteiger partial charge >= 0.3 is 0 Å². The predicted octanol–water partition coefficient (Wildman–Crippen LogP) is 2.97. The fourth-order valence-corrected chi connectivity index (χ4v) is 2.86. The number of nitrogens with one attached hydrogen (secondary N) is 1. The minimum absolute atomic E-state index is 0.0881. The maximum Gasteiger partial charge on any atom is 0.261 e. The van der Waals surface area contributed by atoms with E-state index in [0.717, 1.165) is 5.56 Å². The fourth-order valence-electron chi connectivity index (χ4n) is 2.86. The molecular formula is C21H22N2O5. The third-order valence-corrected chi connectivity index (χ3v) is 4.46. The summed E-state index contributed by atoms with van der Waals surface area (Å²) in [5, 5.41) is 0. The zero-order chi connectivity index (χ0) is 20.1. The molecule has 7 nitrogen and oxygen atoms in total. The third kappa shape index (κ3) is 4.09. The second-order valence-electron chi connectivity index (χ2n) is 6.26. The zero-order valence-electron chi connectivity index (χ0n) is 16.0. The van der Waals surface area contributed by atoms with Crippen molar-refractivity contribution in [3.05, 3.63) is 70.2 Å². The standard InChI is InChI=1S/C21H22N2O5/c1-23(11-10-14-6-9-18(26-2)19(13-14)27-3)21(25)15-7-8-16(22-20(15)24)17-5-4-12-28-17/h4-9,12-13H,10-11H2,1-3H3,(H,22,24). The lowest BCUT2D eigenvalue weighted by molar-refractivity contribution is 0.0795. The Hall–Kier alpha value is -3.48. The van der Waals surface area contributed by atoms with E-state index in [1.165, 1.54) is 17.2 Å². The highest BCUT2D eigenvalue weighted by molar-refractivity contribution is 5.93. The molecule has 0 atom stereocenters. The van der Waals surface area contributed by atoms with Crippen molar-refractivity contribution < 1.29 is 18.7 Å². The SMILES string of the molecule is COc1ccc(CCN(C)C(=O)c2ccc(-c3ccco3)[nH]c2=O)cc1OC. The van der Waals surface area contributed by atoms with Crippen LogP contribution in [-0.4, -0.2) is 43.6 Å². The van der Waals surface area contributed by atoms with E-state index in [4.69, 9.17) is 13.9 Å². The number of furan rings is 1. The molecule has 146 valence electrons. The lowest BCUT2D eigenvalue weighted by Crippen LogP contribution is -2.33. The Morgan fingerprint density at radius 3 is 2.54 bits per heavy atom. The first-order valence-corrected chi connectivity index (χ1v) is 8.77. The van der Waals surface area contributed by atoms with Crippen molar-refractivity contribution in [3.8, 4) is 23.0 Å². The van der Waals surface area contributed by atoms with Crippen LogP contribution < -0.4 is 15.0 Å². The van der Waals surface area contributed by atoms with Gasteiger partial charge in [-0.15, -0.1) is 0 Å². The third-order valence-electron chi connectivity index (χ3n) is 4.46. The van der Waals surface area contributed by atoms with Crippen molar-refractivity contribution >= 4 is 5.91 Å². The quantitative estimate of drug-likeness (QED) is 0.679. The minimum Gasteiger partial charge on any atom is -0.493 e. The Labute approximate surface area is 162 Å². The Morgan fingerprint density at radius 2 is 1.89 bits per heavy atom. The predicted molar refractivity (Wildman–Crippen MR) is 105 cm³/mol. The van der Waals surface area contributed by atoms with Crippen molar-refractivity contribution in [3.63, 3.8) is 0 Å². The summed E-state index contributed by atoms with van der Waals surface area (Å²) in [5.41, 5.74) is 1.17. The number of carbonyl (C=O) groups is 1. The van der Waals surface area contributed by atoms with Crippen LogP contribution in [0.4, 0.5) is 0 Å². The van der Waals surface area contributed by atoms with Gasteiger partial charge in [0.1, 0.15) is 11.3 Å². The summed E-state index contributed by atoms with van der Waals surface area (Å²) in [7, 11) is 4.83. The first-order valence-electron chi connectivity index (χ1n) is 8.77. The summed E-state index contributed by atoms with van der Waals surface area (Å²) < 4.78 is 15.8. The first-order chi connectivity index (χ1) is 13.5. The second-order valence-corrected chi connectivity index (χ2v) is 6.26. The van der Waals surface area contributed by atoms with Crippen molar-refractivity contribution in [1.29, 1.82) is 0 Å². The Morgan fingerprint density at radius 1 is 1.11 bits per heavy atom. The monoisotopic (exact) mass is 382 g/mol. The van der Waals surface area contributed by atoms with Crippen LogP contribution in [0.2, 0.25) is 0 Å². The summed E-state index contributed by atoms with van der Waals surface area (Å²) in [6.45, 7) is 0.452. The summed E-state index contributed by atoms with van der Waals surface area (Å²) >= 11 is 0. The molecule has 0 saturated carbocycles. The second kappa shape index (κ2) is 8.47. The van der Waals surface area contributed by atoms with Gasteiger partial charge in [0.05, 0.1) is 26.2 Å². The van der Waals surface area contributed by atoms with Crippen molar-refractivity contribution in [2.24, 2.45) is 0 Å². The highest BCUT2D eigenvalue weighted by atomic mass is 16.5. The number of aromatic amines is 1. The van der Waals surface area contributed by atoms with Crippen molar-refractivity contribution in [2.45, 2.75) is 6.42 Å². The smallest absolute Gasteiger partial charge is 0.261 e. The van der Waals surface area contributed by atoms with Gasteiger partial charge in [-0.2, -0.15) is 0 Å². The average molecular weight is 382 g/mol. The van der Waals surface area contributed by atoms with E-state index in [1.54, 1.807) is 39.5 Å². The van der Waals surface area contributed by atoms with Crippen LogP contribution in [0.1, 0.15) is 15.9 Å². The van der Waals surface area contributed by atoms with Crippen molar-refractivity contribution in [1.82, 2.24) is 9.88 Å². The average Bonchev–Trinajstić information content (AvgIpc) is 3.26. The lowest BCUT2D eigenvalue weighted by Gasteiger charge is -2.17. The van der Waals surface area contributed by atoms with Crippen LogP contribution in [0.5, 0.6) is 11.5 Å². The van der Waals surface area contributed by atoms with E-state index < -0.39 is 5.56 Å². The van der Waals surface area contributed by atoms with Gasteiger partial charge < -0.3 is 23.8 Å². The molecule has 3 rings (SSSR count). The maximum absolute atomic E-state index is 12.6. The van der Waals surface area contributed by atoms with Crippen LogP contribution in [0, 0.1) is 0 Å². The molecule has 2 heterocycles. The number of hydrogen-bond donors (Lipinski definition) is 1. The molecule has 0 aliphatic carbocycles. The number of pyridine rings is 1. The molecule has 1 amide bonds. The van der Waals surface area contributed by atoms with Crippen LogP contribution >= 0.6 is 0 Å². The maximum atomic E-state index is 12.6. The summed E-state index contributed by atoms with van der Waals surface area (Å²) in [4.78, 5) is 29.2. The number of carbonyl (C=O) groups excluding carboxylic acids is 1. The number of likely N-dealkylation sites (N-methyl/N-ethyl adjacent to an activating group) is 1. The van der Waals surface area contributed by atoms with Gasteiger partial charge in [0.15, 0.2) is 11.5 Å². The zero-order valence-corrected chi connectivity index (χ0v) is 16.0. The molecule has 1 aromatic carbocycles. The number of aromatic nitrogens is 1. The Balaban J connectivity index is 1.69. The molecule has 0 bridgehead atoms. The van der Waals surface area contributed by atoms with Crippen molar-refractivity contribution in [2.75, 3.05) is 27.8 Å². The van der Waals surface area contributed by atoms with Gasteiger partial charge in [-0.3, -0.25) is 9.59 Å². The number of methoxy groups -OCH3 is 2. The molecule has 28 heavy (non-hydrogen) atoms. The summed E-state index contributed by atoms with van der Waals surface area (Å²) in [6, 6.07) is 12.3. The number of hydrogen-bond acceptors (Lipinski definition) is 5. The number of amides is 1. The topological polar surface area (TPSA) is 84.8 Å². The largest absolute Gasteiger partial charge is 0.493 e. The number of nitrogens with zero attached hydrogens (tertiary/aromatic N) is 1. The molecule has 3 aromatic rings. The van der Waals surface area contributed by atoms with E-state index in [2.05, 4.69) is 4.98 Å². The molecule has 1 N–H and O–H groups in total. The molecular weight excluding hydrogens is 360 g/mol. The van der Waals surface area contributed by atoms with Gasteiger partial charge in [-0.25, -0.2) is 0 Å². The molecule has 0 unspecified atom stereocenters. The van der Waals surface area contributed by atoms with Gasteiger partial charge in [0.2, 0.25) is 0 Å². The molecule has 0 saturated heterocycles. The fraction of sp³-hybridized carbons (Fsp3) is 0.238. The number of ether oxygens (including phenoxy) is 2. The first kappa shape index (κ1) is 19.3. The van der Waals surface area contributed by atoms with Crippen LogP contribution in [0.15, 0.2) is 57.9 Å². The minimum atomic E-state index is -0.447. The number of H-pyrrole nitrogens is 1. The molecule has 0 spiro atoms. The number of benzene rings is 1. The Bertz CT molecular complexity index is 1010. The van der Waals surface area contributed by atoms with Gasteiger partial charge in [0.25, 0.3) is 11.5 Å². The summed E-state index contributed by atoms with van der Waals surface area (Å²) in [6.07, 6.45) is 2.14. The van der Waals surface area contributed by atoms with Gasteiger partial charge in [-0.05, 0) is 48.4 Å². The number of rotatable bonds is 7. The Kier molecular flexibility index (Phi) is 5.84. The van der Waals surface area contributed by atoms with E-state index in [0.29, 0.717) is 35.9 Å². The van der Waals surface area contributed by atoms with E-state index >= 15 is 0 Å². The van der Waals surface area contributed by atoms with E-state index in [9.17, 15) is 9.59 Å². The highest BCUT2D eigenvalue weighted by Crippen LogP contribution is 2.27. The van der Waals surface area contributed by atoms with Gasteiger partial charge in [-0.1, -0.05) is 6.07 Å². The molecule has 7 heteroatoms. The lowest BCUT2D eigenvalue weighted by atomic mass is 10.1. The molecule has 0 radical (unpaired) electrons. The molecule has 0 aliphatic heterocycles. The highest BCUT2D eigenvalue weighted by Gasteiger charge is 2.17. The van der Waals surface area contributed by atoms with E-state index in [1.807, 2.05) is 18.2 Å². The van der Waals surface area contributed by atoms with Gasteiger partial charge in [0, 0.05) is 13.6 Å². The van der Waals surface area contributed by atoms with Crippen LogP contribution in [0.25, 0.3) is 11.5 Å². The van der Waals surface area contributed by atoms with Crippen LogP contribution in [-0.2, 0) is 6.42 Å². The molecule has 0 aliphatic rings. The summed E-state index contributed by atoms with van der Waals surface area (Å²) in [5.74, 6) is 1.49. The normalized spacial score (nSPS) is 10.5. The molecule has 2 aromatic heterocycles. The van der Waals surface area contributed by atoms with Crippen LogP contribution in [0.3, 0.4) is 0 Å².